The zero-order valence-electron chi connectivity index (χ0n) is 12.1. The van der Waals surface area contributed by atoms with Crippen molar-refractivity contribution in [2.45, 2.75) is 43.5 Å². The lowest BCUT2D eigenvalue weighted by Gasteiger charge is -2.10. The minimum Gasteiger partial charge on any atom is -0.399 e. The van der Waals surface area contributed by atoms with Gasteiger partial charge in [-0.2, -0.15) is 0 Å². The number of hydrogen-bond donors (Lipinski definition) is 3. The topological polar surface area (TPSA) is 101 Å². The summed E-state index contributed by atoms with van der Waals surface area (Å²) in [7, 11) is -3.55. The summed E-state index contributed by atoms with van der Waals surface area (Å²) in [6.45, 7) is 1.94. The predicted octanol–water partition coefficient (Wildman–Crippen LogP) is 0.914. The molecule has 0 heterocycles. The number of aryl methyl sites for hydroxylation is 1. The highest BCUT2D eigenvalue weighted by atomic mass is 32.2. The number of carbonyl (C=O) groups excluding carboxylic acids is 1. The second kappa shape index (κ2) is 6.44. The normalized spacial score (nSPS) is 14.9. The molecule has 1 saturated carbocycles. The van der Waals surface area contributed by atoms with Crippen molar-refractivity contribution in [3.05, 3.63) is 23.8 Å². The number of hydrogen-bond acceptors (Lipinski definition) is 4. The van der Waals surface area contributed by atoms with Gasteiger partial charge in [-0.1, -0.05) is 0 Å². The van der Waals surface area contributed by atoms with E-state index in [0.717, 1.165) is 12.8 Å². The first-order chi connectivity index (χ1) is 9.88. The van der Waals surface area contributed by atoms with E-state index in [9.17, 15) is 13.2 Å². The molecule has 116 valence electrons. The van der Waals surface area contributed by atoms with Gasteiger partial charge in [-0.3, -0.25) is 4.79 Å². The van der Waals surface area contributed by atoms with Crippen LogP contribution in [0.4, 0.5) is 5.69 Å². The number of sulfonamides is 1. The van der Waals surface area contributed by atoms with Crippen molar-refractivity contribution < 1.29 is 13.2 Å². The number of rotatable bonds is 7. The van der Waals surface area contributed by atoms with E-state index < -0.39 is 10.0 Å². The van der Waals surface area contributed by atoms with E-state index in [1.165, 1.54) is 6.07 Å². The Morgan fingerprint density at radius 2 is 2.10 bits per heavy atom. The average Bonchev–Trinajstić information content (AvgIpc) is 3.18. The molecule has 0 aliphatic heterocycles. The van der Waals surface area contributed by atoms with Gasteiger partial charge in [0.05, 0.1) is 4.90 Å². The van der Waals surface area contributed by atoms with Gasteiger partial charge in [-0.25, -0.2) is 13.1 Å². The maximum atomic E-state index is 12.1. The lowest BCUT2D eigenvalue weighted by molar-refractivity contribution is -0.121. The second-order valence-electron chi connectivity index (χ2n) is 5.37. The molecule has 0 unspecified atom stereocenters. The molecule has 1 aromatic carbocycles. The van der Waals surface area contributed by atoms with Gasteiger partial charge in [0, 0.05) is 24.7 Å². The smallest absolute Gasteiger partial charge is 0.240 e. The lowest BCUT2D eigenvalue weighted by atomic mass is 10.2. The zero-order valence-corrected chi connectivity index (χ0v) is 12.9. The number of nitrogens with one attached hydrogen (secondary N) is 2. The molecule has 1 aliphatic carbocycles. The van der Waals surface area contributed by atoms with Crippen molar-refractivity contribution in [1.82, 2.24) is 10.0 Å². The van der Waals surface area contributed by atoms with Crippen LogP contribution in [0.2, 0.25) is 0 Å². The number of amides is 1. The molecule has 6 nitrogen and oxygen atoms in total. The van der Waals surface area contributed by atoms with Crippen molar-refractivity contribution in [3.8, 4) is 0 Å². The molecule has 21 heavy (non-hydrogen) atoms. The summed E-state index contributed by atoms with van der Waals surface area (Å²) in [6, 6.07) is 5.02. The molecule has 1 aromatic rings. The first kappa shape index (κ1) is 15.8. The molecule has 0 atom stereocenters. The molecule has 4 N–H and O–H groups in total. The Hall–Kier alpha value is -1.60. The Bertz CT molecular complexity index is 624. The van der Waals surface area contributed by atoms with Crippen LogP contribution in [0.1, 0.15) is 31.2 Å². The van der Waals surface area contributed by atoms with Crippen LogP contribution in [0.15, 0.2) is 23.1 Å². The van der Waals surface area contributed by atoms with E-state index in [0.29, 0.717) is 30.1 Å². The van der Waals surface area contributed by atoms with E-state index >= 15 is 0 Å². The summed E-state index contributed by atoms with van der Waals surface area (Å²) in [6.07, 6.45) is 2.91. The van der Waals surface area contributed by atoms with Crippen LogP contribution < -0.4 is 15.8 Å². The lowest BCUT2D eigenvalue weighted by Crippen LogP contribution is -2.28. The van der Waals surface area contributed by atoms with Crippen molar-refractivity contribution in [1.29, 1.82) is 0 Å². The minimum atomic E-state index is -3.55. The Labute approximate surface area is 125 Å². The van der Waals surface area contributed by atoms with Gasteiger partial charge in [0.25, 0.3) is 0 Å². The van der Waals surface area contributed by atoms with Crippen LogP contribution in [0.25, 0.3) is 0 Å². The van der Waals surface area contributed by atoms with Gasteiger partial charge < -0.3 is 11.1 Å². The molecule has 1 amide bonds. The zero-order chi connectivity index (χ0) is 15.5. The van der Waals surface area contributed by atoms with Crippen molar-refractivity contribution in [2.75, 3.05) is 12.3 Å². The molecule has 0 spiro atoms. The monoisotopic (exact) mass is 311 g/mol. The molecule has 7 heteroatoms. The Morgan fingerprint density at radius 3 is 2.71 bits per heavy atom. The molecular weight excluding hydrogens is 290 g/mol. The molecule has 2 rings (SSSR count). The SMILES string of the molecule is Cc1cc(N)ccc1S(=O)(=O)NCCCC(=O)NC1CC1. The molecule has 0 bridgehead atoms. The van der Waals surface area contributed by atoms with Gasteiger partial charge in [-0.15, -0.1) is 0 Å². The minimum absolute atomic E-state index is 0.0136. The van der Waals surface area contributed by atoms with Gasteiger partial charge >= 0.3 is 0 Å². The van der Waals surface area contributed by atoms with Gasteiger partial charge in [-0.05, 0) is 49.9 Å². The van der Waals surface area contributed by atoms with Gasteiger partial charge in [0.2, 0.25) is 15.9 Å². The highest BCUT2D eigenvalue weighted by molar-refractivity contribution is 7.89. The maximum Gasteiger partial charge on any atom is 0.240 e. The van der Waals surface area contributed by atoms with Crippen molar-refractivity contribution in [2.24, 2.45) is 0 Å². The quantitative estimate of drug-likeness (QED) is 0.514. The summed E-state index contributed by atoms with van der Waals surface area (Å²) in [5.41, 5.74) is 6.75. The van der Waals surface area contributed by atoms with Crippen molar-refractivity contribution in [3.63, 3.8) is 0 Å². The molecule has 0 radical (unpaired) electrons. The van der Waals surface area contributed by atoms with Crippen LogP contribution in [-0.4, -0.2) is 26.9 Å². The fraction of sp³-hybridized carbons (Fsp3) is 0.500. The number of anilines is 1. The summed E-state index contributed by atoms with van der Waals surface area (Å²) in [5.74, 6) is -0.0136. The highest BCUT2D eigenvalue weighted by Gasteiger charge is 2.23. The second-order valence-corrected chi connectivity index (χ2v) is 7.10. The molecule has 1 aliphatic rings. The number of carbonyl (C=O) groups is 1. The summed E-state index contributed by atoms with van der Waals surface area (Å²) in [5, 5.41) is 2.87. The molecule has 0 saturated heterocycles. The Kier molecular flexibility index (Phi) is 4.84. The van der Waals surface area contributed by atoms with E-state index in [1.807, 2.05) is 0 Å². The van der Waals surface area contributed by atoms with E-state index in [2.05, 4.69) is 10.0 Å². The molecule has 1 fully saturated rings. The largest absolute Gasteiger partial charge is 0.399 e. The van der Waals surface area contributed by atoms with Crippen LogP contribution in [0, 0.1) is 6.92 Å². The van der Waals surface area contributed by atoms with E-state index in [4.69, 9.17) is 5.73 Å². The van der Waals surface area contributed by atoms with E-state index in [-0.39, 0.29) is 17.3 Å². The van der Waals surface area contributed by atoms with Crippen molar-refractivity contribution >= 4 is 21.6 Å². The fourth-order valence-electron chi connectivity index (χ4n) is 2.03. The fourth-order valence-corrected chi connectivity index (χ4v) is 3.33. The maximum absolute atomic E-state index is 12.1. The predicted molar refractivity (Wildman–Crippen MR) is 81.2 cm³/mol. The Morgan fingerprint density at radius 1 is 1.38 bits per heavy atom. The van der Waals surface area contributed by atoms with Crippen LogP contribution in [0.3, 0.4) is 0 Å². The third-order valence-corrected chi connectivity index (χ3v) is 4.92. The van der Waals surface area contributed by atoms with Crippen LogP contribution >= 0.6 is 0 Å². The summed E-state index contributed by atoms with van der Waals surface area (Å²) >= 11 is 0. The standard InChI is InChI=1S/C14H21N3O3S/c1-10-9-11(15)4-7-13(10)21(19,20)16-8-2-3-14(18)17-12-5-6-12/h4,7,9,12,16H,2-3,5-6,8,15H2,1H3,(H,17,18). The van der Waals surface area contributed by atoms with E-state index in [1.54, 1.807) is 19.1 Å². The van der Waals surface area contributed by atoms with Crippen LogP contribution in [0.5, 0.6) is 0 Å². The number of nitrogens with two attached hydrogens (primary N) is 1. The molecular formula is C14H21N3O3S. The third kappa shape index (κ3) is 4.71. The van der Waals surface area contributed by atoms with Gasteiger partial charge in [0.1, 0.15) is 0 Å². The highest BCUT2D eigenvalue weighted by Crippen LogP contribution is 2.19. The first-order valence-electron chi connectivity index (χ1n) is 7.03. The Balaban J connectivity index is 1.81. The number of benzene rings is 1. The third-order valence-electron chi connectivity index (χ3n) is 3.30. The summed E-state index contributed by atoms with van der Waals surface area (Å²) in [4.78, 5) is 11.7. The molecule has 0 aromatic heterocycles. The number of nitrogen functional groups attached to an aromatic ring is 1. The average molecular weight is 311 g/mol. The van der Waals surface area contributed by atoms with Gasteiger partial charge in [0.15, 0.2) is 0 Å². The summed E-state index contributed by atoms with van der Waals surface area (Å²) < 4.78 is 26.8. The van der Waals surface area contributed by atoms with Crippen LogP contribution in [-0.2, 0) is 14.8 Å². The first-order valence-corrected chi connectivity index (χ1v) is 8.52.